The third-order valence-electron chi connectivity index (χ3n) is 3.67. The molecule has 0 saturated heterocycles. The van der Waals surface area contributed by atoms with Crippen LogP contribution in [0.1, 0.15) is 52.2 Å². The zero-order chi connectivity index (χ0) is 14.1. The molecule has 0 fully saturated rings. The Morgan fingerprint density at radius 2 is 1.89 bits per heavy atom. The lowest BCUT2D eigenvalue weighted by molar-refractivity contribution is 0.283. The van der Waals surface area contributed by atoms with Gasteiger partial charge in [-0.1, -0.05) is 46.8 Å². The Morgan fingerprint density at radius 1 is 1.16 bits per heavy atom. The van der Waals surface area contributed by atoms with E-state index in [-0.39, 0.29) is 5.41 Å². The second-order valence-corrected chi connectivity index (χ2v) is 7.47. The maximum Gasteiger partial charge on any atom is 0.123 e. The standard InChI is InChI=1S/C17H27NO/c1-16(2,3)12-17(4,5)14-6-7-15-13(10-14)11-18-8-9-19-15/h6-7,10,18H,8-9,11-12H2,1-5H3. The van der Waals surface area contributed by atoms with Crippen molar-refractivity contribution < 1.29 is 4.74 Å². The summed E-state index contributed by atoms with van der Waals surface area (Å²) in [5.74, 6) is 1.04. The molecule has 0 unspecified atom stereocenters. The molecule has 106 valence electrons. The van der Waals surface area contributed by atoms with Crippen molar-refractivity contribution >= 4 is 0 Å². The Bertz CT molecular complexity index is 443. The van der Waals surface area contributed by atoms with Crippen LogP contribution in [0.15, 0.2) is 18.2 Å². The van der Waals surface area contributed by atoms with E-state index in [4.69, 9.17) is 4.74 Å². The molecule has 19 heavy (non-hydrogen) atoms. The predicted octanol–water partition coefficient (Wildman–Crippen LogP) is 3.88. The van der Waals surface area contributed by atoms with Crippen molar-refractivity contribution in [3.63, 3.8) is 0 Å². The molecule has 0 spiro atoms. The molecule has 1 heterocycles. The van der Waals surface area contributed by atoms with Gasteiger partial charge in [-0.2, -0.15) is 0 Å². The molecular formula is C17H27NO. The molecule has 2 rings (SSSR count). The van der Waals surface area contributed by atoms with Gasteiger partial charge in [0.25, 0.3) is 0 Å². The van der Waals surface area contributed by atoms with Crippen LogP contribution in [-0.2, 0) is 12.0 Å². The van der Waals surface area contributed by atoms with Crippen LogP contribution in [0, 0.1) is 5.41 Å². The van der Waals surface area contributed by atoms with Crippen LogP contribution in [-0.4, -0.2) is 13.2 Å². The molecule has 0 bridgehead atoms. The molecule has 1 aromatic rings. The summed E-state index contributed by atoms with van der Waals surface area (Å²) in [6.07, 6.45) is 1.17. The zero-order valence-corrected chi connectivity index (χ0v) is 13.0. The minimum Gasteiger partial charge on any atom is -0.492 e. The van der Waals surface area contributed by atoms with Gasteiger partial charge in [-0.15, -0.1) is 0 Å². The van der Waals surface area contributed by atoms with Gasteiger partial charge in [0, 0.05) is 18.7 Å². The summed E-state index contributed by atoms with van der Waals surface area (Å²) in [6, 6.07) is 6.69. The molecule has 0 saturated carbocycles. The van der Waals surface area contributed by atoms with E-state index in [1.165, 1.54) is 17.5 Å². The van der Waals surface area contributed by atoms with Crippen LogP contribution < -0.4 is 10.1 Å². The molecule has 2 nitrogen and oxygen atoms in total. The maximum atomic E-state index is 5.75. The fourth-order valence-electron chi connectivity index (χ4n) is 3.16. The highest BCUT2D eigenvalue weighted by Gasteiger charge is 2.28. The molecule has 1 N–H and O–H groups in total. The van der Waals surface area contributed by atoms with Crippen LogP contribution >= 0.6 is 0 Å². The van der Waals surface area contributed by atoms with Crippen LogP contribution in [0.25, 0.3) is 0 Å². The first kappa shape index (κ1) is 14.4. The Kier molecular flexibility index (Phi) is 3.91. The molecule has 2 heteroatoms. The summed E-state index contributed by atoms with van der Waals surface area (Å²) < 4.78 is 5.75. The Hall–Kier alpha value is -1.02. The highest BCUT2D eigenvalue weighted by Crippen LogP contribution is 2.37. The Labute approximate surface area is 117 Å². The zero-order valence-electron chi connectivity index (χ0n) is 13.0. The van der Waals surface area contributed by atoms with Gasteiger partial charge in [-0.25, -0.2) is 0 Å². The van der Waals surface area contributed by atoms with Crippen molar-refractivity contribution in [3.05, 3.63) is 29.3 Å². The molecule has 0 aromatic heterocycles. The van der Waals surface area contributed by atoms with Gasteiger partial charge in [-0.05, 0) is 28.9 Å². The van der Waals surface area contributed by atoms with Crippen molar-refractivity contribution in [1.82, 2.24) is 5.32 Å². The number of rotatable bonds is 2. The molecule has 0 atom stereocenters. The monoisotopic (exact) mass is 261 g/mol. The van der Waals surface area contributed by atoms with Gasteiger partial charge in [0.1, 0.15) is 12.4 Å². The second-order valence-electron chi connectivity index (χ2n) is 7.47. The number of ether oxygens (including phenoxy) is 1. The van der Waals surface area contributed by atoms with E-state index in [1.807, 2.05) is 0 Å². The fourth-order valence-corrected chi connectivity index (χ4v) is 3.16. The molecule has 0 amide bonds. The van der Waals surface area contributed by atoms with Crippen molar-refractivity contribution in [2.75, 3.05) is 13.2 Å². The summed E-state index contributed by atoms with van der Waals surface area (Å²) in [5.41, 5.74) is 3.23. The Balaban J connectivity index is 2.28. The van der Waals surface area contributed by atoms with Gasteiger partial charge >= 0.3 is 0 Å². The topological polar surface area (TPSA) is 21.3 Å². The van der Waals surface area contributed by atoms with Gasteiger partial charge in [-0.3, -0.25) is 0 Å². The van der Waals surface area contributed by atoms with Crippen molar-refractivity contribution in [2.45, 2.75) is 53.0 Å². The third-order valence-corrected chi connectivity index (χ3v) is 3.67. The van der Waals surface area contributed by atoms with Crippen molar-refractivity contribution in [3.8, 4) is 5.75 Å². The van der Waals surface area contributed by atoms with Gasteiger partial charge < -0.3 is 10.1 Å². The fraction of sp³-hybridized carbons (Fsp3) is 0.647. The first-order chi connectivity index (χ1) is 8.78. The summed E-state index contributed by atoms with van der Waals surface area (Å²) in [4.78, 5) is 0. The first-order valence-electron chi connectivity index (χ1n) is 7.25. The number of hydrogen-bond acceptors (Lipinski definition) is 2. The summed E-state index contributed by atoms with van der Waals surface area (Å²) in [5, 5.41) is 3.41. The highest BCUT2D eigenvalue weighted by molar-refractivity contribution is 5.40. The number of benzene rings is 1. The normalized spacial score (nSPS) is 16.5. The smallest absolute Gasteiger partial charge is 0.123 e. The molecule has 0 radical (unpaired) electrons. The summed E-state index contributed by atoms with van der Waals surface area (Å²) >= 11 is 0. The van der Waals surface area contributed by atoms with Crippen LogP contribution in [0.4, 0.5) is 0 Å². The Morgan fingerprint density at radius 3 is 2.58 bits per heavy atom. The lowest BCUT2D eigenvalue weighted by Crippen LogP contribution is -2.25. The molecule has 1 aliphatic heterocycles. The van der Waals surface area contributed by atoms with Crippen LogP contribution in [0.2, 0.25) is 0 Å². The predicted molar refractivity (Wildman–Crippen MR) is 80.7 cm³/mol. The minimum atomic E-state index is 0.194. The van der Waals surface area contributed by atoms with Gasteiger partial charge in [0.15, 0.2) is 0 Å². The van der Waals surface area contributed by atoms with E-state index in [9.17, 15) is 0 Å². The quantitative estimate of drug-likeness (QED) is 0.872. The number of hydrogen-bond donors (Lipinski definition) is 1. The lowest BCUT2D eigenvalue weighted by Gasteiger charge is -2.33. The number of fused-ring (bicyclic) bond motifs is 1. The average molecular weight is 261 g/mol. The van der Waals surface area contributed by atoms with E-state index in [1.54, 1.807) is 0 Å². The second kappa shape index (κ2) is 5.16. The maximum absolute atomic E-state index is 5.75. The molecule has 0 aliphatic carbocycles. The first-order valence-corrected chi connectivity index (χ1v) is 7.25. The average Bonchev–Trinajstić information content (AvgIpc) is 2.49. The molecule has 1 aromatic carbocycles. The van der Waals surface area contributed by atoms with E-state index < -0.39 is 0 Å². The summed E-state index contributed by atoms with van der Waals surface area (Å²) in [6.45, 7) is 14.2. The lowest BCUT2D eigenvalue weighted by atomic mass is 9.72. The van der Waals surface area contributed by atoms with E-state index >= 15 is 0 Å². The van der Waals surface area contributed by atoms with Gasteiger partial charge in [0.05, 0.1) is 0 Å². The highest BCUT2D eigenvalue weighted by atomic mass is 16.5. The largest absolute Gasteiger partial charge is 0.492 e. The number of nitrogens with one attached hydrogen (secondary N) is 1. The van der Waals surface area contributed by atoms with E-state index in [0.29, 0.717) is 5.41 Å². The summed E-state index contributed by atoms with van der Waals surface area (Å²) in [7, 11) is 0. The van der Waals surface area contributed by atoms with E-state index in [2.05, 4.69) is 58.1 Å². The van der Waals surface area contributed by atoms with Crippen LogP contribution in [0.5, 0.6) is 5.75 Å². The van der Waals surface area contributed by atoms with Crippen molar-refractivity contribution in [2.24, 2.45) is 5.41 Å². The molecular weight excluding hydrogens is 234 g/mol. The third kappa shape index (κ3) is 3.73. The SMILES string of the molecule is CC(C)(C)CC(C)(C)c1ccc2c(c1)CNCCO2. The van der Waals surface area contributed by atoms with Crippen molar-refractivity contribution in [1.29, 1.82) is 0 Å². The van der Waals surface area contributed by atoms with Gasteiger partial charge in [0.2, 0.25) is 0 Å². The van der Waals surface area contributed by atoms with E-state index in [0.717, 1.165) is 25.4 Å². The van der Waals surface area contributed by atoms with Crippen LogP contribution in [0.3, 0.4) is 0 Å². The minimum absolute atomic E-state index is 0.194. The molecule has 1 aliphatic rings.